The van der Waals surface area contributed by atoms with Crippen molar-refractivity contribution in [3.8, 4) is 0 Å². The number of aryl methyl sites for hydroxylation is 2. The summed E-state index contributed by atoms with van der Waals surface area (Å²) >= 11 is 0. The Bertz CT molecular complexity index is 1520. The van der Waals surface area contributed by atoms with Gasteiger partial charge in [-0.3, -0.25) is 24.2 Å². The number of H-pyrrole nitrogens is 1. The van der Waals surface area contributed by atoms with Crippen LogP contribution in [0.15, 0.2) is 66.7 Å². The summed E-state index contributed by atoms with van der Waals surface area (Å²) in [6.45, 7) is 5.07. The average molecular weight is 478 g/mol. The number of Topliss-reactive ketones (excluding diaryl/α,β-unsaturated/α-hetero) is 1. The first-order valence-electron chi connectivity index (χ1n) is 12.3. The molecule has 0 unspecified atom stereocenters. The van der Waals surface area contributed by atoms with Crippen LogP contribution in [0.5, 0.6) is 0 Å². The number of nitrogens with one attached hydrogen (secondary N) is 1. The molecule has 3 aromatic carbocycles. The molecule has 1 N–H and O–H groups in total. The molecule has 0 bridgehead atoms. The normalized spacial score (nSPS) is 17.5. The van der Waals surface area contributed by atoms with Gasteiger partial charge in [-0.1, -0.05) is 48.5 Å². The van der Waals surface area contributed by atoms with Crippen LogP contribution in [0.4, 0.5) is 0 Å². The smallest absolute Gasteiger partial charge is 0.261 e. The van der Waals surface area contributed by atoms with Crippen LogP contribution in [0.1, 0.15) is 59.5 Å². The molecule has 180 valence electrons. The molecule has 0 spiro atoms. The summed E-state index contributed by atoms with van der Waals surface area (Å²) in [6.07, 6.45) is 0.814. The highest BCUT2D eigenvalue weighted by Crippen LogP contribution is 2.34. The highest BCUT2D eigenvalue weighted by molar-refractivity contribution is 6.21. The lowest BCUT2D eigenvalue weighted by atomic mass is 9.91. The Balaban J connectivity index is 1.33. The molecule has 36 heavy (non-hydrogen) atoms. The first-order chi connectivity index (χ1) is 17.4. The predicted molar refractivity (Wildman–Crippen MR) is 138 cm³/mol. The molecular formula is C30H27N3O3. The fraction of sp³-hybridized carbons (Fsp3) is 0.233. The molecule has 0 saturated heterocycles. The zero-order valence-electron chi connectivity index (χ0n) is 20.4. The fourth-order valence-electron chi connectivity index (χ4n) is 5.75. The number of imide groups is 1. The largest absolute Gasteiger partial charge is 0.358 e. The topological polar surface area (TPSA) is 73.5 Å². The minimum atomic E-state index is -0.271. The van der Waals surface area contributed by atoms with E-state index in [1.54, 1.807) is 24.3 Å². The Morgan fingerprint density at radius 3 is 2.39 bits per heavy atom. The van der Waals surface area contributed by atoms with Crippen molar-refractivity contribution in [3.63, 3.8) is 0 Å². The van der Waals surface area contributed by atoms with Crippen LogP contribution in [0.3, 0.4) is 0 Å². The number of rotatable bonds is 5. The minimum Gasteiger partial charge on any atom is -0.358 e. The lowest BCUT2D eigenvalue weighted by molar-refractivity contribution is 0.0574. The third-order valence-corrected chi connectivity index (χ3v) is 7.52. The molecule has 0 fully saturated rings. The highest BCUT2D eigenvalue weighted by Gasteiger charge is 2.39. The van der Waals surface area contributed by atoms with Crippen LogP contribution in [-0.2, 0) is 6.42 Å². The number of ketones is 1. The molecule has 6 rings (SSSR count). The number of nitrogens with zero attached hydrogens (tertiary/aromatic N) is 2. The third-order valence-electron chi connectivity index (χ3n) is 7.52. The molecule has 1 atom stereocenters. The molecule has 1 aromatic heterocycles. The summed E-state index contributed by atoms with van der Waals surface area (Å²) < 4.78 is 0. The molecule has 6 heteroatoms. The molecule has 2 aliphatic rings. The van der Waals surface area contributed by atoms with Crippen molar-refractivity contribution >= 4 is 28.5 Å². The van der Waals surface area contributed by atoms with Gasteiger partial charge in [0.25, 0.3) is 11.8 Å². The van der Waals surface area contributed by atoms with E-state index in [1.165, 1.54) is 10.5 Å². The summed E-state index contributed by atoms with van der Waals surface area (Å²) in [5.41, 5.74) is 6.82. The number of fused-ring (bicyclic) bond motifs is 3. The van der Waals surface area contributed by atoms with Crippen molar-refractivity contribution in [2.45, 2.75) is 26.3 Å². The monoisotopic (exact) mass is 477 g/mol. The SMILES string of the molecule is Cc1ccc2c(C(=O)CN3CCc4ccccc4[C@H]3CN3C(=O)c4ccccc4C3=O)c(C)[nH]c2c1. The van der Waals surface area contributed by atoms with Crippen LogP contribution in [-0.4, -0.2) is 52.0 Å². The Morgan fingerprint density at radius 1 is 0.944 bits per heavy atom. The second-order valence-electron chi connectivity index (χ2n) is 9.80. The van der Waals surface area contributed by atoms with Crippen LogP contribution < -0.4 is 0 Å². The maximum absolute atomic E-state index is 13.7. The van der Waals surface area contributed by atoms with Gasteiger partial charge in [-0.05, 0) is 55.2 Å². The van der Waals surface area contributed by atoms with Gasteiger partial charge in [-0.15, -0.1) is 0 Å². The van der Waals surface area contributed by atoms with E-state index in [4.69, 9.17) is 0 Å². The zero-order chi connectivity index (χ0) is 25.0. The first-order valence-corrected chi connectivity index (χ1v) is 12.3. The summed E-state index contributed by atoms with van der Waals surface area (Å²) in [4.78, 5) is 46.8. The third kappa shape index (κ3) is 3.57. The number of aromatic amines is 1. The Kier molecular flexibility index (Phi) is 5.34. The van der Waals surface area contributed by atoms with Crippen LogP contribution in [0.2, 0.25) is 0 Å². The highest BCUT2D eigenvalue weighted by atomic mass is 16.2. The van der Waals surface area contributed by atoms with Gasteiger partial charge < -0.3 is 4.98 Å². The standard InChI is InChI=1S/C30H27N3O3/c1-18-11-12-24-25(15-18)31-19(2)28(24)27(34)17-32-14-13-20-7-3-4-8-21(20)26(32)16-33-29(35)22-9-5-6-10-23(22)30(33)36/h3-12,15,26,31H,13-14,16-17H2,1-2H3/t26-/m1/s1. The van der Waals surface area contributed by atoms with Gasteiger partial charge in [0.15, 0.2) is 5.78 Å². The molecule has 0 radical (unpaired) electrons. The number of carbonyl (C=O) groups is 3. The Labute approximate surface area is 209 Å². The van der Waals surface area contributed by atoms with Gasteiger partial charge in [-0.2, -0.15) is 0 Å². The second kappa shape index (κ2) is 8.57. The van der Waals surface area contributed by atoms with E-state index >= 15 is 0 Å². The van der Waals surface area contributed by atoms with Gasteiger partial charge >= 0.3 is 0 Å². The van der Waals surface area contributed by atoms with Crippen molar-refractivity contribution in [3.05, 3.63) is 106 Å². The van der Waals surface area contributed by atoms with E-state index in [0.717, 1.165) is 34.1 Å². The second-order valence-corrected chi connectivity index (χ2v) is 9.80. The van der Waals surface area contributed by atoms with Gasteiger partial charge in [0.05, 0.1) is 23.7 Å². The fourth-order valence-corrected chi connectivity index (χ4v) is 5.75. The van der Waals surface area contributed by atoms with Gasteiger partial charge in [0.2, 0.25) is 0 Å². The van der Waals surface area contributed by atoms with Crippen molar-refractivity contribution in [1.29, 1.82) is 0 Å². The average Bonchev–Trinajstić information content (AvgIpc) is 3.33. The molecule has 6 nitrogen and oxygen atoms in total. The molecule has 2 amide bonds. The van der Waals surface area contributed by atoms with E-state index in [2.05, 4.69) is 28.1 Å². The van der Waals surface area contributed by atoms with Gasteiger partial charge in [-0.25, -0.2) is 0 Å². The summed E-state index contributed by atoms with van der Waals surface area (Å²) in [7, 11) is 0. The molecule has 0 aliphatic carbocycles. The van der Waals surface area contributed by atoms with Crippen LogP contribution >= 0.6 is 0 Å². The van der Waals surface area contributed by atoms with E-state index in [1.807, 2.05) is 38.1 Å². The quantitative estimate of drug-likeness (QED) is 0.329. The number of amides is 2. The van der Waals surface area contributed by atoms with Crippen LogP contribution in [0.25, 0.3) is 10.9 Å². The molecule has 2 aliphatic heterocycles. The van der Waals surface area contributed by atoms with Crippen LogP contribution in [0, 0.1) is 13.8 Å². The number of hydrogen-bond donors (Lipinski definition) is 1. The summed E-state index contributed by atoms with van der Waals surface area (Å²) in [5.74, 6) is -0.505. The predicted octanol–water partition coefficient (Wildman–Crippen LogP) is 4.86. The number of aromatic nitrogens is 1. The first kappa shape index (κ1) is 22.4. The molecule has 3 heterocycles. The summed E-state index contributed by atoms with van der Waals surface area (Å²) in [6, 6.07) is 20.9. The summed E-state index contributed by atoms with van der Waals surface area (Å²) in [5, 5.41) is 0.928. The molecule has 4 aromatic rings. The lowest BCUT2D eigenvalue weighted by Crippen LogP contribution is -2.45. The maximum Gasteiger partial charge on any atom is 0.261 e. The van der Waals surface area contributed by atoms with Crippen molar-refractivity contribution in [2.24, 2.45) is 0 Å². The number of benzene rings is 3. The van der Waals surface area contributed by atoms with E-state index in [9.17, 15) is 14.4 Å². The molecule has 0 saturated carbocycles. The molecular weight excluding hydrogens is 450 g/mol. The van der Waals surface area contributed by atoms with Gasteiger partial charge in [0.1, 0.15) is 0 Å². The van der Waals surface area contributed by atoms with E-state index < -0.39 is 0 Å². The zero-order valence-corrected chi connectivity index (χ0v) is 20.4. The van der Waals surface area contributed by atoms with Gasteiger partial charge in [0, 0.05) is 35.2 Å². The number of hydrogen-bond acceptors (Lipinski definition) is 4. The van der Waals surface area contributed by atoms with E-state index in [0.29, 0.717) is 23.2 Å². The number of carbonyl (C=O) groups excluding carboxylic acids is 3. The Morgan fingerprint density at radius 2 is 1.64 bits per heavy atom. The maximum atomic E-state index is 13.7. The van der Waals surface area contributed by atoms with E-state index in [-0.39, 0.29) is 36.7 Å². The van der Waals surface area contributed by atoms with Crippen molar-refractivity contribution in [2.75, 3.05) is 19.6 Å². The van der Waals surface area contributed by atoms with Crippen molar-refractivity contribution < 1.29 is 14.4 Å². The van der Waals surface area contributed by atoms with Crippen molar-refractivity contribution in [1.82, 2.24) is 14.8 Å². The Hall–Kier alpha value is -4.03. The minimum absolute atomic E-state index is 0.0364. The lowest BCUT2D eigenvalue weighted by Gasteiger charge is -2.38.